The Balaban J connectivity index is 1.95. The molecule has 0 aliphatic heterocycles. The summed E-state index contributed by atoms with van der Waals surface area (Å²) in [6.45, 7) is 0. The maximum Gasteiger partial charge on any atom is 0.137 e. The standard InChI is InChI=1S/C15H19BrF2O/c16-12-9-13(17)11(8-14(12)18)15(19)7-6-10-4-2-1-3-5-10/h8-10,15,19H,1-7H2. The summed E-state index contributed by atoms with van der Waals surface area (Å²) >= 11 is 2.93. The molecule has 1 unspecified atom stereocenters. The normalized spacial score (nSPS) is 18.5. The van der Waals surface area contributed by atoms with Gasteiger partial charge in [0.2, 0.25) is 0 Å². The van der Waals surface area contributed by atoms with Gasteiger partial charge in [0.05, 0.1) is 10.6 Å². The molecular formula is C15H19BrF2O. The van der Waals surface area contributed by atoms with Crippen LogP contribution in [0.5, 0.6) is 0 Å². The molecule has 1 atom stereocenters. The van der Waals surface area contributed by atoms with Gasteiger partial charge >= 0.3 is 0 Å². The number of rotatable bonds is 4. The Morgan fingerprint density at radius 3 is 2.53 bits per heavy atom. The van der Waals surface area contributed by atoms with E-state index in [1.807, 2.05) is 0 Å². The van der Waals surface area contributed by atoms with E-state index >= 15 is 0 Å². The second kappa shape index (κ2) is 6.80. The highest BCUT2D eigenvalue weighted by molar-refractivity contribution is 9.10. The van der Waals surface area contributed by atoms with Crippen molar-refractivity contribution in [1.29, 1.82) is 0 Å². The van der Waals surface area contributed by atoms with Crippen LogP contribution in [-0.4, -0.2) is 5.11 Å². The van der Waals surface area contributed by atoms with Gasteiger partial charge in [0.15, 0.2) is 0 Å². The zero-order valence-electron chi connectivity index (χ0n) is 10.8. The van der Waals surface area contributed by atoms with Crippen molar-refractivity contribution < 1.29 is 13.9 Å². The molecule has 1 N–H and O–H groups in total. The molecule has 0 heterocycles. The van der Waals surface area contributed by atoms with Crippen LogP contribution in [0.1, 0.15) is 56.6 Å². The van der Waals surface area contributed by atoms with E-state index in [0.717, 1.165) is 18.6 Å². The lowest BCUT2D eigenvalue weighted by molar-refractivity contribution is 0.147. The van der Waals surface area contributed by atoms with Crippen molar-refractivity contribution in [2.24, 2.45) is 5.92 Å². The Bertz CT molecular complexity index is 430. The van der Waals surface area contributed by atoms with E-state index in [1.165, 1.54) is 32.1 Å². The van der Waals surface area contributed by atoms with E-state index in [-0.39, 0.29) is 10.0 Å². The largest absolute Gasteiger partial charge is 0.388 e. The second-order valence-electron chi connectivity index (χ2n) is 5.39. The van der Waals surface area contributed by atoms with Gasteiger partial charge in [0.25, 0.3) is 0 Å². The molecule has 0 saturated heterocycles. The first-order valence-corrected chi connectivity index (χ1v) is 7.69. The van der Waals surface area contributed by atoms with E-state index in [2.05, 4.69) is 15.9 Å². The van der Waals surface area contributed by atoms with Crippen LogP contribution in [0.25, 0.3) is 0 Å². The first-order valence-electron chi connectivity index (χ1n) is 6.90. The molecule has 1 aliphatic rings. The van der Waals surface area contributed by atoms with Crippen LogP contribution in [0.3, 0.4) is 0 Å². The van der Waals surface area contributed by atoms with E-state index in [1.54, 1.807) is 0 Å². The van der Waals surface area contributed by atoms with Gasteiger partial charge in [-0.2, -0.15) is 0 Å². The van der Waals surface area contributed by atoms with Gasteiger partial charge in [-0.25, -0.2) is 8.78 Å². The molecule has 4 heteroatoms. The maximum atomic E-state index is 13.7. The van der Waals surface area contributed by atoms with Crippen molar-refractivity contribution in [3.63, 3.8) is 0 Å². The molecular weight excluding hydrogens is 314 g/mol. The van der Waals surface area contributed by atoms with Crippen molar-refractivity contribution >= 4 is 15.9 Å². The van der Waals surface area contributed by atoms with Crippen LogP contribution in [0.15, 0.2) is 16.6 Å². The third-order valence-corrected chi connectivity index (χ3v) is 4.58. The molecule has 106 valence electrons. The van der Waals surface area contributed by atoms with Crippen molar-refractivity contribution in [1.82, 2.24) is 0 Å². The van der Waals surface area contributed by atoms with Gasteiger partial charge in [-0.1, -0.05) is 32.1 Å². The van der Waals surface area contributed by atoms with Gasteiger partial charge in [-0.15, -0.1) is 0 Å². The first-order chi connectivity index (χ1) is 9.08. The van der Waals surface area contributed by atoms with Crippen LogP contribution < -0.4 is 0 Å². The molecule has 2 rings (SSSR count). The highest BCUT2D eigenvalue weighted by Crippen LogP contribution is 2.32. The zero-order chi connectivity index (χ0) is 13.8. The third kappa shape index (κ3) is 3.99. The highest BCUT2D eigenvalue weighted by atomic mass is 79.9. The number of halogens is 3. The monoisotopic (exact) mass is 332 g/mol. The van der Waals surface area contributed by atoms with Crippen LogP contribution in [0, 0.1) is 17.6 Å². The van der Waals surface area contributed by atoms with Crippen molar-refractivity contribution in [2.45, 2.75) is 51.0 Å². The first kappa shape index (κ1) is 14.9. The minimum Gasteiger partial charge on any atom is -0.388 e. The molecule has 0 amide bonds. The number of hydrogen-bond acceptors (Lipinski definition) is 1. The van der Waals surface area contributed by atoms with E-state index in [9.17, 15) is 13.9 Å². The summed E-state index contributed by atoms with van der Waals surface area (Å²) in [7, 11) is 0. The lowest BCUT2D eigenvalue weighted by Crippen LogP contribution is -2.09. The fourth-order valence-electron chi connectivity index (χ4n) is 2.82. The van der Waals surface area contributed by atoms with Crippen LogP contribution in [-0.2, 0) is 0 Å². The molecule has 0 aromatic heterocycles. The van der Waals surface area contributed by atoms with Crippen LogP contribution in [0.4, 0.5) is 8.78 Å². The van der Waals surface area contributed by atoms with Gasteiger partial charge < -0.3 is 5.11 Å². The highest BCUT2D eigenvalue weighted by Gasteiger charge is 2.19. The van der Waals surface area contributed by atoms with Gasteiger partial charge in [-0.3, -0.25) is 0 Å². The van der Waals surface area contributed by atoms with Crippen LogP contribution in [0.2, 0.25) is 0 Å². The van der Waals surface area contributed by atoms with Crippen molar-refractivity contribution in [3.05, 3.63) is 33.8 Å². The molecule has 1 nitrogen and oxygen atoms in total. The summed E-state index contributed by atoms with van der Waals surface area (Å²) < 4.78 is 27.2. The molecule has 0 radical (unpaired) electrons. The summed E-state index contributed by atoms with van der Waals surface area (Å²) in [5.74, 6) is -0.454. The molecule has 1 aliphatic carbocycles. The zero-order valence-corrected chi connectivity index (χ0v) is 12.4. The molecule has 1 fully saturated rings. The molecule has 1 saturated carbocycles. The predicted octanol–water partition coefficient (Wildman–Crippen LogP) is 5.12. The van der Waals surface area contributed by atoms with E-state index in [0.29, 0.717) is 12.3 Å². The Morgan fingerprint density at radius 1 is 1.16 bits per heavy atom. The molecule has 0 bridgehead atoms. The predicted molar refractivity (Wildman–Crippen MR) is 74.8 cm³/mol. The molecule has 1 aromatic rings. The van der Waals surface area contributed by atoms with E-state index < -0.39 is 17.7 Å². The minimum absolute atomic E-state index is 0.0662. The lowest BCUT2D eigenvalue weighted by atomic mass is 9.85. The van der Waals surface area contributed by atoms with Crippen molar-refractivity contribution in [2.75, 3.05) is 0 Å². The second-order valence-corrected chi connectivity index (χ2v) is 6.24. The third-order valence-electron chi connectivity index (χ3n) is 3.97. The summed E-state index contributed by atoms with van der Waals surface area (Å²) in [6, 6.07) is 2.17. The molecule has 1 aromatic carbocycles. The quantitative estimate of drug-likeness (QED) is 0.758. The Hall–Kier alpha value is -0.480. The Labute approximate surface area is 121 Å². The topological polar surface area (TPSA) is 20.2 Å². The Kier molecular flexibility index (Phi) is 5.34. The van der Waals surface area contributed by atoms with Gasteiger partial charge in [0, 0.05) is 5.56 Å². The fourth-order valence-corrected chi connectivity index (χ4v) is 3.13. The number of hydrogen-bond donors (Lipinski definition) is 1. The molecule has 19 heavy (non-hydrogen) atoms. The summed E-state index contributed by atoms with van der Waals surface area (Å²) in [6.07, 6.45) is 6.68. The average molecular weight is 333 g/mol. The minimum atomic E-state index is -0.912. The van der Waals surface area contributed by atoms with E-state index in [4.69, 9.17) is 0 Å². The lowest BCUT2D eigenvalue weighted by Gasteiger charge is -2.22. The van der Waals surface area contributed by atoms with Crippen LogP contribution >= 0.6 is 15.9 Å². The summed E-state index contributed by atoms with van der Waals surface area (Å²) in [4.78, 5) is 0. The smallest absolute Gasteiger partial charge is 0.137 e. The van der Waals surface area contributed by atoms with Gasteiger partial charge in [-0.05, 0) is 46.8 Å². The van der Waals surface area contributed by atoms with Crippen molar-refractivity contribution in [3.8, 4) is 0 Å². The SMILES string of the molecule is OC(CCC1CCCCC1)c1cc(F)c(Br)cc1F. The average Bonchev–Trinajstić information content (AvgIpc) is 2.41. The number of aliphatic hydroxyl groups is 1. The summed E-state index contributed by atoms with van der Waals surface area (Å²) in [5.41, 5.74) is 0.0662. The summed E-state index contributed by atoms with van der Waals surface area (Å²) in [5, 5.41) is 10.0. The fraction of sp³-hybridized carbons (Fsp3) is 0.600. The maximum absolute atomic E-state index is 13.7. The Morgan fingerprint density at radius 2 is 1.84 bits per heavy atom. The number of benzene rings is 1. The molecule has 0 spiro atoms. The number of aliphatic hydroxyl groups excluding tert-OH is 1. The van der Waals surface area contributed by atoms with Gasteiger partial charge in [0.1, 0.15) is 11.6 Å².